The van der Waals surface area contributed by atoms with E-state index in [-0.39, 0.29) is 0 Å². The Morgan fingerprint density at radius 1 is 1.16 bits per heavy atom. The summed E-state index contributed by atoms with van der Waals surface area (Å²) in [4.78, 5) is 0. The maximum absolute atomic E-state index is 5.92. The molecule has 5 heteroatoms. The Bertz CT molecular complexity index is 894. The fourth-order valence-corrected chi connectivity index (χ4v) is 3.22. The van der Waals surface area contributed by atoms with E-state index in [2.05, 4.69) is 65.1 Å². The van der Waals surface area contributed by atoms with Crippen molar-refractivity contribution in [1.29, 1.82) is 0 Å². The van der Waals surface area contributed by atoms with E-state index in [1.54, 1.807) is 6.21 Å². The summed E-state index contributed by atoms with van der Waals surface area (Å²) < 4.78 is 2.25. The van der Waals surface area contributed by atoms with Gasteiger partial charge in [0.2, 0.25) is 0 Å². The zero-order valence-electron chi connectivity index (χ0n) is 14.5. The summed E-state index contributed by atoms with van der Waals surface area (Å²) in [7, 11) is 0. The molecule has 0 amide bonds. The highest BCUT2D eigenvalue weighted by molar-refractivity contribution is 8.13. The summed E-state index contributed by atoms with van der Waals surface area (Å²) in [6.45, 7) is 4.35. The number of hydrogen-bond acceptors (Lipinski definition) is 3. The van der Waals surface area contributed by atoms with Crippen LogP contribution in [0.15, 0.2) is 71.0 Å². The molecule has 0 aliphatic carbocycles. The summed E-state index contributed by atoms with van der Waals surface area (Å²) in [5.41, 5.74) is 9.35. The monoisotopic (exact) mass is 350 g/mol. The second kappa shape index (κ2) is 8.03. The predicted octanol–water partition coefficient (Wildman–Crippen LogP) is 4.80. The Labute approximate surface area is 152 Å². The van der Waals surface area contributed by atoms with Gasteiger partial charge in [0.1, 0.15) is 0 Å². The normalized spacial score (nSPS) is 12.5. The van der Waals surface area contributed by atoms with Crippen LogP contribution in [0.5, 0.6) is 0 Å². The smallest absolute Gasteiger partial charge is 0.180 e. The van der Waals surface area contributed by atoms with Gasteiger partial charge >= 0.3 is 0 Å². The lowest BCUT2D eigenvalue weighted by Crippen LogP contribution is -2.06. The summed E-state index contributed by atoms with van der Waals surface area (Å²) in [5, 5.41) is 9.90. The lowest BCUT2D eigenvalue weighted by atomic mass is 10.2. The summed E-state index contributed by atoms with van der Waals surface area (Å²) in [6, 6.07) is 19.0. The number of hydrogen-bond donors (Lipinski definition) is 1. The van der Waals surface area contributed by atoms with Crippen LogP contribution in [0.2, 0.25) is 0 Å². The first kappa shape index (κ1) is 17.3. The second-order valence-corrected chi connectivity index (χ2v) is 7.09. The molecular formula is C20H22N4S. The van der Waals surface area contributed by atoms with Gasteiger partial charge in [0.15, 0.2) is 5.17 Å². The molecule has 2 N–H and O–H groups in total. The summed E-state index contributed by atoms with van der Waals surface area (Å²) in [6.07, 6.45) is 3.86. The van der Waals surface area contributed by atoms with Crippen molar-refractivity contribution in [3.05, 3.63) is 71.9 Å². The van der Waals surface area contributed by atoms with Crippen LogP contribution in [0.4, 0.5) is 0 Å². The molecule has 0 radical (unpaired) electrons. The Balaban J connectivity index is 1.66. The molecule has 2 aromatic carbocycles. The van der Waals surface area contributed by atoms with Crippen LogP contribution in [0.25, 0.3) is 10.9 Å². The Hall–Kier alpha value is -2.53. The minimum Gasteiger partial charge on any atom is -0.377 e. The van der Waals surface area contributed by atoms with Gasteiger partial charge in [0.05, 0.1) is 6.21 Å². The first-order valence-electron chi connectivity index (χ1n) is 8.27. The number of rotatable bonds is 5. The molecule has 0 saturated heterocycles. The van der Waals surface area contributed by atoms with E-state index in [0.29, 0.717) is 11.2 Å². The third kappa shape index (κ3) is 4.51. The minimum atomic E-state index is 0.424. The first-order valence-corrected chi connectivity index (χ1v) is 9.26. The fraction of sp³-hybridized carbons (Fsp3) is 0.200. The van der Waals surface area contributed by atoms with Gasteiger partial charge in [-0.2, -0.15) is 5.10 Å². The van der Waals surface area contributed by atoms with Crippen molar-refractivity contribution in [1.82, 2.24) is 4.57 Å². The second-order valence-electron chi connectivity index (χ2n) is 6.09. The van der Waals surface area contributed by atoms with E-state index in [9.17, 15) is 0 Å². The van der Waals surface area contributed by atoms with Gasteiger partial charge < -0.3 is 10.3 Å². The molecule has 0 fully saturated rings. The van der Waals surface area contributed by atoms with Gasteiger partial charge in [0.25, 0.3) is 0 Å². The van der Waals surface area contributed by atoms with Crippen LogP contribution in [0, 0.1) is 0 Å². The van der Waals surface area contributed by atoms with Gasteiger partial charge in [-0.05, 0) is 42.5 Å². The van der Waals surface area contributed by atoms with Gasteiger partial charge in [-0.1, -0.05) is 54.2 Å². The highest BCUT2D eigenvalue weighted by Gasteiger charge is 2.04. The van der Waals surface area contributed by atoms with Crippen LogP contribution >= 0.6 is 11.8 Å². The molecule has 0 unspecified atom stereocenters. The van der Waals surface area contributed by atoms with Crippen LogP contribution in [0.1, 0.15) is 31.0 Å². The lowest BCUT2D eigenvalue weighted by molar-refractivity contribution is 0.623. The largest absolute Gasteiger partial charge is 0.377 e. The van der Waals surface area contributed by atoms with E-state index in [4.69, 9.17) is 5.73 Å². The summed E-state index contributed by atoms with van der Waals surface area (Å²) >= 11 is 1.48. The molecule has 1 heterocycles. The number of aromatic nitrogens is 1. The lowest BCUT2D eigenvalue weighted by Gasteiger charge is -2.09. The van der Waals surface area contributed by atoms with Crippen LogP contribution in [0.3, 0.4) is 0 Å². The predicted molar refractivity (Wildman–Crippen MR) is 109 cm³/mol. The maximum Gasteiger partial charge on any atom is 0.180 e. The molecule has 0 saturated carbocycles. The van der Waals surface area contributed by atoms with Gasteiger partial charge in [-0.25, -0.2) is 0 Å². The molecule has 128 valence electrons. The topological polar surface area (TPSA) is 55.7 Å². The number of amidine groups is 1. The van der Waals surface area contributed by atoms with E-state index < -0.39 is 0 Å². The van der Waals surface area contributed by atoms with Gasteiger partial charge in [0, 0.05) is 23.5 Å². The number of thioether (sulfide) groups is 1. The average Bonchev–Trinajstić information content (AvgIpc) is 3.04. The molecule has 0 atom stereocenters. The summed E-state index contributed by atoms with van der Waals surface area (Å²) in [5.74, 6) is 0.791. The van der Waals surface area contributed by atoms with Crippen molar-refractivity contribution in [3.63, 3.8) is 0 Å². The molecule has 0 aliphatic rings. The number of benzene rings is 2. The van der Waals surface area contributed by atoms with E-state index >= 15 is 0 Å². The van der Waals surface area contributed by atoms with E-state index in [1.807, 2.05) is 24.3 Å². The molecule has 1 aromatic heterocycles. The van der Waals surface area contributed by atoms with Crippen molar-refractivity contribution in [3.8, 4) is 0 Å². The van der Waals surface area contributed by atoms with Gasteiger partial charge in [-0.3, -0.25) is 0 Å². The maximum atomic E-state index is 5.92. The number of nitrogens with zero attached hydrogens (tertiary/aromatic N) is 3. The quantitative estimate of drug-likeness (QED) is 0.408. The zero-order chi connectivity index (χ0) is 17.6. The van der Waals surface area contributed by atoms with Crippen LogP contribution in [-0.2, 0) is 5.75 Å². The molecule has 0 spiro atoms. The third-order valence-corrected chi connectivity index (χ3v) is 4.75. The van der Waals surface area contributed by atoms with Crippen LogP contribution in [-0.4, -0.2) is 15.9 Å². The fourth-order valence-electron chi connectivity index (χ4n) is 2.61. The standard InChI is InChI=1S/C20H22N4S/c1-15(2)24-11-10-18-9-8-17(12-19(18)24)13-22-23-20(21)25-14-16-6-4-3-5-7-16/h3-13,15H,14H2,1-2H3,(H2,21,23). The minimum absolute atomic E-state index is 0.424. The zero-order valence-corrected chi connectivity index (χ0v) is 15.3. The molecule has 3 aromatic rings. The third-order valence-electron chi connectivity index (χ3n) is 3.90. The number of fused-ring (bicyclic) bond motifs is 1. The van der Waals surface area contributed by atoms with Crippen molar-refractivity contribution in [2.24, 2.45) is 15.9 Å². The van der Waals surface area contributed by atoms with Crippen molar-refractivity contribution >= 4 is 34.0 Å². The highest BCUT2D eigenvalue weighted by Crippen LogP contribution is 2.20. The van der Waals surface area contributed by atoms with Crippen molar-refractivity contribution in [2.75, 3.05) is 0 Å². The Morgan fingerprint density at radius 2 is 1.96 bits per heavy atom. The molecule has 3 rings (SSSR count). The van der Waals surface area contributed by atoms with Crippen molar-refractivity contribution in [2.45, 2.75) is 25.6 Å². The van der Waals surface area contributed by atoms with Crippen molar-refractivity contribution < 1.29 is 0 Å². The Morgan fingerprint density at radius 3 is 2.72 bits per heavy atom. The van der Waals surface area contributed by atoms with E-state index in [0.717, 1.165) is 11.3 Å². The molecule has 0 bridgehead atoms. The van der Waals surface area contributed by atoms with Crippen LogP contribution < -0.4 is 5.73 Å². The highest BCUT2D eigenvalue weighted by atomic mass is 32.2. The molecule has 4 nitrogen and oxygen atoms in total. The first-order chi connectivity index (χ1) is 12.1. The molecule has 25 heavy (non-hydrogen) atoms. The molecular weight excluding hydrogens is 328 g/mol. The van der Waals surface area contributed by atoms with Gasteiger partial charge in [-0.15, -0.1) is 5.10 Å². The molecule has 0 aliphatic heterocycles. The SMILES string of the molecule is CC(C)n1ccc2ccc(C=NN=C(N)SCc3ccccc3)cc21. The Kier molecular flexibility index (Phi) is 5.56. The number of nitrogens with two attached hydrogens (primary N) is 1. The van der Waals surface area contributed by atoms with E-state index in [1.165, 1.54) is 28.2 Å². The average molecular weight is 350 g/mol.